The summed E-state index contributed by atoms with van der Waals surface area (Å²) < 4.78 is 30.8. The van der Waals surface area contributed by atoms with Crippen LogP contribution in [0.25, 0.3) is 0 Å². The predicted molar refractivity (Wildman–Crippen MR) is 104 cm³/mol. The van der Waals surface area contributed by atoms with Gasteiger partial charge in [0.05, 0.1) is 13.2 Å². The average Bonchev–Trinajstić information content (AvgIpc) is 3.02. The molecule has 0 unspecified atom stereocenters. The van der Waals surface area contributed by atoms with Gasteiger partial charge in [-0.25, -0.2) is 0 Å². The molecule has 0 spiro atoms. The summed E-state index contributed by atoms with van der Waals surface area (Å²) in [4.78, 5) is 0. The van der Waals surface area contributed by atoms with E-state index in [-0.39, 0.29) is 5.41 Å². The summed E-state index contributed by atoms with van der Waals surface area (Å²) in [7, 11) is -3.41. The fourth-order valence-corrected chi connectivity index (χ4v) is 5.11. The Morgan fingerprint density at radius 1 is 1.08 bits per heavy atom. The van der Waals surface area contributed by atoms with Gasteiger partial charge in [-0.05, 0) is 18.1 Å². The van der Waals surface area contributed by atoms with Gasteiger partial charge in [-0.2, -0.15) is 0 Å². The van der Waals surface area contributed by atoms with Gasteiger partial charge < -0.3 is 13.5 Å². The van der Waals surface area contributed by atoms with Gasteiger partial charge in [0, 0.05) is 23.8 Å². The first-order chi connectivity index (χ1) is 12.4. The number of hydrogen-bond acceptors (Lipinski definition) is 4. The number of aryl methyl sites for hydroxylation is 1. The van der Waals surface area contributed by atoms with Gasteiger partial charge in [0.1, 0.15) is 5.76 Å². The summed E-state index contributed by atoms with van der Waals surface area (Å²) in [6.45, 7) is 7.07. The summed E-state index contributed by atoms with van der Waals surface area (Å²) in [5, 5.41) is 0. The van der Waals surface area contributed by atoms with Crippen molar-refractivity contribution in [3.05, 3.63) is 53.3 Å². The molecule has 1 aliphatic heterocycles. The maximum absolute atomic E-state index is 13.3. The smallest absolute Gasteiger partial charge is 0.396 e. The van der Waals surface area contributed by atoms with Crippen molar-refractivity contribution in [1.29, 1.82) is 0 Å². The van der Waals surface area contributed by atoms with Crippen molar-refractivity contribution in [2.75, 3.05) is 13.2 Å². The van der Waals surface area contributed by atoms with Crippen LogP contribution in [0.5, 0.6) is 0 Å². The van der Waals surface area contributed by atoms with E-state index in [2.05, 4.69) is 19.1 Å². The average molecular weight is 376 g/mol. The highest BCUT2D eigenvalue weighted by atomic mass is 31.2. The first-order valence-corrected chi connectivity index (χ1v) is 11.0. The normalized spacial score (nSPS) is 18.7. The van der Waals surface area contributed by atoms with Gasteiger partial charge in [-0.3, -0.25) is 4.57 Å². The molecule has 3 rings (SSSR count). The van der Waals surface area contributed by atoms with Crippen LogP contribution in [0.4, 0.5) is 0 Å². The lowest BCUT2D eigenvalue weighted by Crippen LogP contribution is -2.32. The first kappa shape index (κ1) is 19.4. The molecular formula is C21H29O4P. The van der Waals surface area contributed by atoms with Crippen molar-refractivity contribution in [3.63, 3.8) is 0 Å². The van der Waals surface area contributed by atoms with Crippen LogP contribution in [0.15, 0.2) is 40.8 Å². The largest absolute Gasteiger partial charge is 0.453 e. The number of rotatable bonds is 7. The third-order valence-corrected chi connectivity index (χ3v) is 6.42. The quantitative estimate of drug-likeness (QED) is 0.473. The van der Waals surface area contributed by atoms with Crippen molar-refractivity contribution >= 4 is 13.1 Å². The molecule has 142 valence electrons. The van der Waals surface area contributed by atoms with Crippen LogP contribution < -0.4 is 5.50 Å². The van der Waals surface area contributed by atoms with Crippen molar-refractivity contribution in [1.82, 2.24) is 0 Å². The molecule has 1 aromatic heterocycles. The highest BCUT2D eigenvalue weighted by molar-refractivity contribution is 7.61. The van der Waals surface area contributed by atoms with E-state index < -0.39 is 7.60 Å². The monoisotopic (exact) mass is 376 g/mol. The molecule has 1 aliphatic rings. The van der Waals surface area contributed by atoms with E-state index in [0.717, 1.165) is 42.6 Å². The molecule has 2 heterocycles. The van der Waals surface area contributed by atoms with Crippen LogP contribution in [0.1, 0.15) is 56.9 Å². The molecule has 0 aliphatic carbocycles. The van der Waals surface area contributed by atoms with Crippen molar-refractivity contribution in [2.24, 2.45) is 5.41 Å². The van der Waals surface area contributed by atoms with E-state index >= 15 is 0 Å². The number of furan rings is 1. The second-order valence-corrected chi connectivity index (χ2v) is 9.79. The molecule has 0 bridgehead atoms. The zero-order valence-corrected chi connectivity index (χ0v) is 16.9. The molecule has 2 aromatic rings. The highest BCUT2D eigenvalue weighted by Crippen LogP contribution is 2.53. The minimum atomic E-state index is -3.41. The Balaban J connectivity index is 1.87. The molecular weight excluding hydrogens is 347 g/mol. The topological polar surface area (TPSA) is 48.7 Å². The second kappa shape index (κ2) is 8.12. The Labute approximate surface area is 156 Å². The zero-order chi connectivity index (χ0) is 18.6. The van der Waals surface area contributed by atoms with Gasteiger partial charge in [-0.1, -0.05) is 63.9 Å². The molecule has 0 atom stereocenters. The summed E-state index contributed by atoms with van der Waals surface area (Å²) in [5.41, 5.74) is 2.32. The van der Waals surface area contributed by atoms with Crippen LogP contribution in [0.3, 0.4) is 0 Å². The Kier molecular flexibility index (Phi) is 6.06. The van der Waals surface area contributed by atoms with E-state index in [1.807, 2.05) is 38.1 Å². The van der Waals surface area contributed by atoms with Crippen LogP contribution in [-0.2, 0) is 26.5 Å². The highest BCUT2D eigenvalue weighted by Gasteiger charge is 2.42. The lowest BCUT2D eigenvalue weighted by Gasteiger charge is -2.33. The van der Waals surface area contributed by atoms with Crippen LogP contribution in [-0.4, -0.2) is 13.2 Å². The zero-order valence-electron chi connectivity index (χ0n) is 16.0. The van der Waals surface area contributed by atoms with E-state index in [9.17, 15) is 4.57 Å². The molecule has 0 radical (unpaired) electrons. The Morgan fingerprint density at radius 3 is 2.42 bits per heavy atom. The van der Waals surface area contributed by atoms with Gasteiger partial charge in [0.15, 0.2) is 0 Å². The van der Waals surface area contributed by atoms with E-state index in [0.29, 0.717) is 25.1 Å². The summed E-state index contributed by atoms with van der Waals surface area (Å²) in [6, 6.07) is 12.2. The fraction of sp³-hybridized carbons (Fsp3) is 0.524. The van der Waals surface area contributed by atoms with Crippen molar-refractivity contribution in [3.8, 4) is 0 Å². The standard InChI is InChI=1S/C21H29O4P/c1-4-5-7-12-19-14-18(13-17-10-8-6-9-11-17)20(25-19)26(22)23-15-21(2,3)16-24-26/h6,8-11,14H,4-5,7,12-13,15-16H2,1-3H3. The lowest BCUT2D eigenvalue weighted by molar-refractivity contribution is 0.0447. The molecule has 5 heteroatoms. The number of hydrogen-bond donors (Lipinski definition) is 0. The maximum Gasteiger partial charge on any atom is 0.396 e. The SMILES string of the molecule is CCCCCc1cc(Cc2ccccc2)c(P2(=O)OCC(C)(C)CO2)o1. The van der Waals surface area contributed by atoms with Gasteiger partial charge in [-0.15, -0.1) is 0 Å². The van der Waals surface area contributed by atoms with Crippen LogP contribution in [0.2, 0.25) is 0 Å². The summed E-state index contributed by atoms with van der Waals surface area (Å²) in [5.74, 6) is 0.867. The minimum Gasteiger partial charge on any atom is -0.453 e. The predicted octanol–water partition coefficient (Wildman–Crippen LogP) is 5.49. The molecule has 1 aromatic carbocycles. The molecule has 0 amide bonds. The summed E-state index contributed by atoms with van der Waals surface area (Å²) >= 11 is 0. The minimum absolute atomic E-state index is 0.135. The molecule has 1 fully saturated rings. The molecule has 4 nitrogen and oxygen atoms in total. The van der Waals surface area contributed by atoms with E-state index in [1.165, 1.54) is 0 Å². The molecule has 0 saturated carbocycles. The Bertz CT molecular complexity index is 750. The van der Waals surface area contributed by atoms with Crippen LogP contribution >= 0.6 is 7.60 Å². The Morgan fingerprint density at radius 2 is 1.77 bits per heavy atom. The first-order valence-electron chi connectivity index (χ1n) is 9.47. The number of unbranched alkanes of at least 4 members (excludes halogenated alkanes) is 2. The Hall–Kier alpha value is -1.35. The lowest BCUT2D eigenvalue weighted by atomic mass is 9.97. The van der Waals surface area contributed by atoms with E-state index in [1.54, 1.807) is 0 Å². The third kappa shape index (κ3) is 4.68. The fourth-order valence-electron chi connectivity index (χ4n) is 3.04. The molecule has 0 N–H and O–H groups in total. The van der Waals surface area contributed by atoms with Crippen molar-refractivity contribution in [2.45, 2.75) is 52.9 Å². The van der Waals surface area contributed by atoms with Gasteiger partial charge >= 0.3 is 7.60 Å². The maximum atomic E-state index is 13.3. The summed E-state index contributed by atoms with van der Waals surface area (Å²) in [6.07, 6.45) is 4.88. The van der Waals surface area contributed by atoms with Gasteiger partial charge in [0.2, 0.25) is 5.50 Å². The van der Waals surface area contributed by atoms with Gasteiger partial charge in [0.25, 0.3) is 0 Å². The second-order valence-electron chi connectivity index (χ2n) is 7.87. The molecule has 1 saturated heterocycles. The van der Waals surface area contributed by atoms with Crippen molar-refractivity contribution < 1.29 is 18.0 Å². The van der Waals surface area contributed by atoms with E-state index in [4.69, 9.17) is 13.5 Å². The number of benzene rings is 1. The molecule has 26 heavy (non-hydrogen) atoms. The van der Waals surface area contributed by atoms with Crippen LogP contribution in [0, 0.1) is 5.41 Å². The third-order valence-electron chi connectivity index (χ3n) is 4.60.